The first-order valence-electron chi connectivity index (χ1n) is 6.12. The molecule has 1 atom stereocenters. The maximum absolute atomic E-state index is 11.1. The van der Waals surface area contributed by atoms with Crippen LogP contribution in [0.25, 0.3) is 11.1 Å². The molecule has 1 unspecified atom stereocenters. The molecule has 2 aromatic heterocycles. The maximum Gasteiger partial charge on any atom is 0.417 e. The molecular weight excluding hydrogens is 244 g/mol. The van der Waals surface area contributed by atoms with Gasteiger partial charge in [-0.1, -0.05) is 0 Å². The van der Waals surface area contributed by atoms with Crippen molar-refractivity contribution >= 4 is 16.8 Å². The minimum absolute atomic E-state index is 0.224. The van der Waals surface area contributed by atoms with Crippen LogP contribution < -0.4 is 11.1 Å². The summed E-state index contributed by atoms with van der Waals surface area (Å²) >= 11 is 0. The first kappa shape index (κ1) is 11.6. The van der Waals surface area contributed by atoms with Gasteiger partial charge in [-0.15, -0.1) is 0 Å². The van der Waals surface area contributed by atoms with E-state index >= 15 is 0 Å². The van der Waals surface area contributed by atoms with E-state index in [0.717, 1.165) is 17.9 Å². The second-order valence-electron chi connectivity index (χ2n) is 4.55. The number of oxazole rings is 1. The number of fused-ring (bicyclic) bond motifs is 1. The molecule has 19 heavy (non-hydrogen) atoms. The second kappa shape index (κ2) is 4.68. The molecule has 2 N–H and O–H groups in total. The maximum atomic E-state index is 11.1. The Balaban J connectivity index is 1.75. The van der Waals surface area contributed by atoms with Crippen molar-refractivity contribution in [3.05, 3.63) is 52.9 Å². The molecule has 1 aromatic carbocycles. The van der Waals surface area contributed by atoms with Crippen LogP contribution in [0.2, 0.25) is 0 Å². The van der Waals surface area contributed by atoms with Crippen LogP contribution >= 0.6 is 0 Å². The van der Waals surface area contributed by atoms with Gasteiger partial charge in [0.15, 0.2) is 5.58 Å². The largest absolute Gasteiger partial charge is 0.469 e. The van der Waals surface area contributed by atoms with E-state index in [1.54, 1.807) is 12.3 Å². The number of aromatic amines is 1. The van der Waals surface area contributed by atoms with E-state index in [4.69, 9.17) is 8.83 Å². The monoisotopic (exact) mass is 258 g/mol. The molecule has 3 aromatic rings. The highest BCUT2D eigenvalue weighted by Gasteiger charge is 2.07. The zero-order valence-electron chi connectivity index (χ0n) is 10.5. The molecular formula is C14H14N2O3. The molecule has 0 fully saturated rings. The third-order valence-corrected chi connectivity index (χ3v) is 2.92. The zero-order chi connectivity index (χ0) is 13.2. The van der Waals surface area contributed by atoms with Gasteiger partial charge in [0.2, 0.25) is 0 Å². The molecule has 0 spiro atoms. The molecule has 0 aliphatic heterocycles. The highest BCUT2D eigenvalue weighted by molar-refractivity contribution is 5.76. The van der Waals surface area contributed by atoms with Gasteiger partial charge < -0.3 is 14.2 Å². The normalized spacial score (nSPS) is 12.7. The average Bonchev–Trinajstić information content (AvgIpc) is 2.96. The number of H-pyrrole nitrogens is 1. The molecule has 5 heteroatoms. The van der Waals surface area contributed by atoms with E-state index in [2.05, 4.69) is 17.2 Å². The smallest absolute Gasteiger partial charge is 0.417 e. The third-order valence-electron chi connectivity index (χ3n) is 2.92. The first-order chi connectivity index (χ1) is 9.20. The van der Waals surface area contributed by atoms with Gasteiger partial charge in [0.1, 0.15) is 5.76 Å². The minimum Gasteiger partial charge on any atom is -0.469 e. The van der Waals surface area contributed by atoms with E-state index in [1.807, 2.05) is 24.3 Å². The topological polar surface area (TPSA) is 71.2 Å². The van der Waals surface area contributed by atoms with Crippen LogP contribution in [0.15, 0.2) is 50.2 Å². The Morgan fingerprint density at radius 3 is 3.05 bits per heavy atom. The van der Waals surface area contributed by atoms with Gasteiger partial charge >= 0.3 is 5.76 Å². The van der Waals surface area contributed by atoms with Gasteiger partial charge in [0.25, 0.3) is 0 Å². The summed E-state index contributed by atoms with van der Waals surface area (Å²) in [7, 11) is 0. The van der Waals surface area contributed by atoms with Crippen molar-refractivity contribution in [3.63, 3.8) is 0 Å². The zero-order valence-corrected chi connectivity index (χ0v) is 10.5. The molecule has 0 radical (unpaired) electrons. The Kier molecular flexibility index (Phi) is 2.87. The van der Waals surface area contributed by atoms with Crippen LogP contribution in [-0.2, 0) is 6.42 Å². The number of benzene rings is 1. The van der Waals surface area contributed by atoms with E-state index in [-0.39, 0.29) is 6.04 Å². The van der Waals surface area contributed by atoms with Crippen LogP contribution in [0.3, 0.4) is 0 Å². The number of hydrogen-bond donors (Lipinski definition) is 2. The fourth-order valence-corrected chi connectivity index (χ4v) is 2.11. The Morgan fingerprint density at radius 2 is 2.26 bits per heavy atom. The molecule has 0 saturated heterocycles. The quantitative estimate of drug-likeness (QED) is 0.754. The van der Waals surface area contributed by atoms with Gasteiger partial charge in [-0.2, -0.15) is 0 Å². The number of anilines is 1. The van der Waals surface area contributed by atoms with Gasteiger partial charge in [0, 0.05) is 18.2 Å². The first-order valence-corrected chi connectivity index (χ1v) is 6.12. The number of nitrogens with one attached hydrogen (secondary N) is 2. The fourth-order valence-electron chi connectivity index (χ4n) is 2.11. The van der Waals surface area contributed by atoms with Crippen LogP contribution in [0.1, 0.15) is 12.7 Å². The van der Waals surface area contributed by atoms with Gasteiger partial charge in [0.05, 0.1) is 11.8 Å². The number of hydrogen-bond acceptors (Lipinski definition) is 4. The molecule has 0 aliphatic rings. The molecule has 2 heterocycles. The van der Waals surface area contributed by atoms with Gasteiger partial charge in [-0.3, -0.25) is 4.98 Å². The molecule has 0 bridgehead atoms. The molecule has 0 saturated carbocycles. The Labute approximate surface area is 109 Å². The van der Waals surface area contributed by atoms with Crippen molar-refractivity contribution in [2.75, 3.05) is 5.32 Å². The average molecular weight is 258 g/mol. The van der Waals surface area contributed by atoms with Crippen molar-refractivity contribution in [3.8, 4) is 0 Å². The summed E-state index contributed by atoms with van der Waals surface area (Å²) in [6.45, 7) is 2.07. The van der Waals surface area contributed by atoms with E-state index < -0.39 is 5.76 Å². The Bertz CT molecular complexity index is 725. The van der Waals surface area contributed by atoms with Crippen LogP contribution in [-0.4, -0.2) is 11.0 Å². The van der Waals surface area contributed by atoms with Crippen molar-refractivity contribution in [2.45, 2.75) is 19.4 Å². The van der Waals surface area contributed by atoms with E-state index in [9.17, 15) is 4.79 Å². The summed E-state index contributed by atoms with van der Waals surface area (Å²) in [5.41, 5.74) is 2.19. The van der Waals surface area contributed by atoms with Gasteiger partial charge in [-0.05, 0) is 37.3 Å². The molecule has 98 valence electrons. The molecule has 5 nitrogen and oxygen atoms in total. The SMILES string of the molecule is CC(Cc1ccco1)Nc1ccc2oc(=O)[nH]c2c1. The van der Waals surface area contributed by atoms with Crippen LogP contribution in [0, 0.1) is 0 Å². The Hall–Kier alpha value is -2.43. The molecule has 0 aliphatic carbocycles. The lowest BCUT2D eigenvalue weighted by Crippen LogP contribution is -2.17. The fraction of sp³-hybridized carbons (Fsp3) is 0.214. The summed E-state index contributed by atoms with van der Waals surface area (Å²) in [5, 5.41) is 3.36. The number of aromatic nitrogens is 1. The number of rotatable bonds is 4. The Morgan fingerprint density at radius 1 is 1.37 bits per heavy atom. The lowest BCUT2D eigenvalue weighted by Gasteiger charge is -2.13. The minimum atomic E-state index is -0.434. The van der Waals surface area contributed by atoms with Crippen molar-refractivity contribution in [2.24, 2.45) is 0 Å². The summed E-state index contributed by atoms with van der Waals surface area (Å²) in [6, 6.07) is 9.58. The number of furan rings is 1. The van der Waals surface area contributed by atoms with Crippen LogP contribution in [0.5, 0.6) is 0 Å². The standard InChI is InChI=1S/C14H14N2O3/c1-9(7-11-3-2-6-18-11)15-10-4-5-13-12(8-10)16-14(17)19-13/h2-6,8-9,15H,7H2,1H3,(H,16,17). The lowest BCUT2D eigenvalue weighted by molar-refractivity contribution is 0.498. The lowest BCUT2D eigenvalue weighted by atomic mass is 10.2. The van der Waals surface area contributed by atoms with Crippen molar-refractivity contribution < 1.29 is 8.83 Å². The predicted octanol–water partition coefficient (Wildman–Crippen LogP) is 2.76. The van der Waals surface area contributed by atoms with Gasteiger partial charge in [-0.25, -0.2) is 4.79 Å². The molecule has 0 amide bonds. The molecule has 3 rings (SSSR count). The summed E-state index contributed by atoms with van der Waals surface area (Å²) in [6.07, 6.45) is 2.47. The van der Waals surface area contributed by atoms with Crippen molar-refractivity contribution in [1.29, 1.82) is 0 Å². The predicted molar refractivity (Wildman–Crippen MR) is 72.3 cm³/mol. The third kappa shape index (κ3) is 2.54. The van der Waals surface area contributed by atoms with E-state index in [1.165, 1.54) is 0 Å². The second-order valence-corrected chi connectivity index (χ2v) is 4.55. The van der Waals surface area contributed by atoms with E-state index in [0.29, 0.717) is 11.1 Å². The van der Waals surface area contributed by atoms with Crippen LogP contribution in [0.4, 0.5) is 5.69 Å². The van der Waals surface area contributed by atoms with Crippen molar-refractivity contribution in [1.82, 2.24) is 4.98 Å². The highest BCUT2D eigenvalue weighted by atomic mass is 16.4. The summed E-state index contributed by atoms with van der Waals surface area (Å²) in [4.78, 5) is 13.7. The summed E-state index contributed by atoms with van der Waals surface area (Å²) in [5.74, 6) is 0.508. The summed E-state index contributed by atoms with van der Waals surface area (Å²) < 4.78 is 10.3. The highest BCUT2D eigenvalue weighted by Crippen LogP contribution is 2.17.